The third-order valence-electron chi connectivity index (χ3n) is 5.19. The molecule has 1 aliphatic rings. The van der Waals surface area contributed by atoms with Crippen LogP contribution in [0.1, 0.15) is 36.2 Å². The van der Waals surface area contributed by atoms with E-state index >= 15 is 0 Å². The van der Waals surface area contributed by atoms with Crippen LogP contribution in [0.2, 0.25) is 10.0 Å². The molecule has 0 saturated carbocycles. The molecule has 0 amide bonds. The van der Waals surface area contributed by atoms with E-state index in [0.29, 0.717) is 16.0 Å². The Morgan fingerprint density at radius 2 is 1.87 bits per heavy atom. The molecule has 0 spiro atoms. The Bertz CT molecular complexity index is 1050. The molecule has 0 radical (unpaired) electrons. The summed E-state index contributed by atoms with van der Waals surface area (Å²) in [5.74, 6) is 1.43. The first-order valence-electron chi connectivity index (χ1n) is 10.4. The van der Waals surface area contributed by atoms with Gasteiger partial charge < -0.3 is 9.64 Å². The predicted molar refractivity (Wildman–Crippen MR) is 129 cm³/mol. The summed E-state index contributed by atoms with van der Waals surface area (Å²) in [7, 11) is 0. The normalized spacial score (nSPS) is 14.4. The number of halogens is 2. The molecule has 2 aromatic carbocycles. The maximum Gasteiger partial charge on any atom is 0.298 e. The zero-order valence-corrected chi connectivity index (χ0v) is 19.7. The fraction of sp³-hybridized carbons (Fsp3) is 0.348. The number of hydrogen-bond acceptors (Lipinski definition) is 5. The van der Waals surface area contributed by atoms with Gasteiger partial charge in [0.25, 0.3) is 5.19 Å². The molecule has 1 fully saturated rings. The Labute approximate surface area is 196 Å². The molecule has 1 saturated heterocycles. The van der Waals surface area contributed by atoms with Gasteiger partial charge in [-0.25, -0.2) is 4.99 Å². The molecular weight excluding hydrogens is 451 g/mol. The summed E-state index contributed by atoms with van der Waals surface area (Å²) in [5.41, 5.74) is 2.90. The van der Waals surface area contributed by atoms with Gasteiger partial charge in [0, 0.05) is 42.1 Å². The van der Waals surface area contributed by atoms with Crippen LogP contribution in [0.4, 0.5) is 5.69 Å². The number of aryl methyl sites for hydroxylation is 3. The SMILES string of the molecule is Cc1cc(/N=C\N2CCCCC2)c(Cl)cc1Oc1nc(CCc2ccc(Cl)cc2)ns1. The van der Waals surface area contributed by atoms with Crippen molar-refractivity contribution in [2.45, 2.75) is 39.0 Å². The van der Waals surface area contributed by atoms with Crippen molar-refractivity contribution in [2.24, 2.45) is 4.99 Å². The number of hydrogen-bond donors (Lipinski definition) is 0. The minimum atomic E-state index is 0.509. The second-order valence-corrected chi connectivity index (χ2v) is 9.17. The number of rotatable bonds is 7. The summed E-state index contributed by atoms with van der Waals surface area (Å²) in [6.45, 7) is 4.09. The van der Waals surface area contributed by atoms with Crippen molar-refractivity contribution in [1.82, 2.24) is 14.3 Å². The number of aromatic nitrogens is 2. The third-order valence-corrected chi connectivity index (χ3v) is 6.38. The number of nitrogens with zero attached hydrogens (tertiary/aromatic N) is 4. The lowest BCUT2D eigenvalue weighted by Gasteiger charge is -2.23. The predicted octanol–water partition coefficient (Wildman–Crippen LogP) is 6.88. The molecule has 0 atom stereocenters. The highest BCUT2D eigenvalue weighted by molar-refractivity contribution is 7.07. The monoisotopic (exact) mass is 474 g/mol. The van der Waals surface area contributed by atoms with Gasteiger partial charge in [0.15, 0.2) is 0 Å². The Hall–Kier alpha value is -2.15. The van der Waals surface area contributed by atoms with Crippen LogP contribution in [0.5, 0.6) is 10.9 Å². The highest BCUT2D eigenvalue weighted by atomic mass is 35.5. The number of benzene rings is 2. The zero-order chi connectivity index (χ0) is 21.6. The van der Waals surface area contributed by atoms with Gasteiger partial charge in [-0.2, -0.15) is 9.36 Å². The van der Waals surface area contributed by atoms with Crippen LogP contribution in [0.25, 0.3) is 0 Å². The highest BCUT2D eigenvalue weighted by Crippen LogP contribution is 2.35. The Morgan fingerprint density at radius 1 is 1.10 bits per heavy atom. The fourth-order valence-electron chi connectivity index (χ4n) is 3.42. The van der Waals surface area contributed by atoms with E-state index in [-0.39, 0.29) is 0 Å². The molecule has 1 aromatic heterocycles. The average molecular weight is 475 g/mol. The molecule has 0 unspecified atom stereocenters. The molecular formula is C23H24Cl2N4OS. The van der Waals surface area contributed by atoms with Crippen LogP contribution in [-0.4, -0.2) is 33.7 Å². The molecule has 8 heteroatoms. The second kappa shape index (κ2) is 10.4. The first kappa shape index (κ1) is 22.1. The van der Waals surface area contributed by atoms with Gasteiger partial charge in [0.2, 0.25) is 0 Å². The van der Waals surface area contributed by atoms with Gasteiger partial charge in [-0.3, -0.25) is 0 Å². The van der Waals surface area contributed by atoms with E-state index in [0.717, 1.165) is 48.0 Å². The van der Waals surface area contributed by atoms with E-state index in [9.17, 15) is 0 Å². The van der Waals surface area contributed by atoms with E-state index in [1.807, 2.05) is 43.6 Å². The Kier molecular flexibility index (Phi) is 7.43. The summed E-state index contributed by atoms with van der Waals surface area (Å²) in [6.07, 6.45) is 7.22. The summed E-state index contributed by atoms with van der Waals surface area (Å²) in [5, 5.41) is 1.81. The van der Waals surface area contributed by atoms with Crippen LogP contribution < -0.4 is 4.74 Å². The van der Waals surface area contributed by atoms with Gasteiger partial charge in [-0.15, -0.1) is 0 Å². The lowest BCUT2D eigenvalue weighted by Crippen LogP contribution is -2.27. The maximum atomic E-state index is 6.46. The summed E-state index contributed by atoms with van der Waals surface area (Å²) >= 11 is 13.6. The molecule has 2 heterocycles. The van der Waals surface area contributed by atoms with Gasteiger partial charge in [-0.05, 0) is 61.9 Å². The number of piperidine rings is 1. The second-order valence-electron chi connectivity index (χ2n) is 7.62. The van der Waals surface area contributed by atoms with E-state index in [2.05, 4.69) is 19.2 Å². The minimum absolute atomic E-state index is 0.509. The van der Waals surface area contributed by atoms with Crippen LogP contribution in [-0.2, 0) is 12.8 Å². The van der Waals surface area contributed by atoms with Gasteiger partial charge >= 0.3 is 0 Å². The first-order chi connectivity index (χ1) is 15.1. The van der Waals surface area contributed by atoms with E-state index in [1.54, 1.807) is 6.07 Å². The van der Waals surface area contributed by atoms with Crippen molar-refractivity contribution < 1.29 is 4.74 Å². The molecule has 31 heavy (non-hydrogen) atoms. The van der Waals surface area contributed by atoms with E-state index in [1.165, 1.54) is 36.4 Å². The molecule has 0 bridgehead atoms. The molecule has 0 aliphatic carbocycles. The maximum absolute atomic E-state index is 6.46. The van der Waals surface area contributed by atoms with Crippen molar-refractivity contribution in [3.05, 3.63) is 63.4 Å². The largest absolute Gasteiger partial charge is 0.430 e. The topological polar surface area (TPSA) is 50.6 Å². The van der Waals surface area contributed by atoms with Crippen molar-refractivity contribution in [2.75, 3.05) is 13.1 Å². The van der Waals surface area contributed by atoms with E-state index < -0.39 is 0 Å². The van der Waals surface area contributed by atoms with Crippen LogP contribution in [0, 0.1) is 6.92 Å². The zero-order valence-electron chi connectivity index (χ0n) is 17.4. The number of ether oxygens (including phenoxy) is 1. The molecule has 4 rings (SSSR count). The number of likely N-dealkylation sites (tertiary alicyclic amines) is 1. The fourth-order valence-corrected chi connectivity index (χ4v) is 4.33. The van der Waals surface area contributed by atoms with Crippen LogP contribution >= 0.6 is 34.7 Å². The van der Waals surface area contributed by atoms with Gasteiger partial charge in [0.05, 0.1) is 17.0 Å². The van der Waals surface area contributed by atoms with Crippen molar-refractivity contribution in [3.8, 4) is 10.9 Å². The Morgan fingerprint density at radius 3 is 2.65 bits per heavy atom. The molecule has 0 N–H and O–H groups in total. The summed E-state index contributed by atoms with van der Waals surface area (Å²) in [4.78, 5) is 11.3. The van der Waals surface area contributed by atoms with Crippen LogP contribution in [0.15, 0.2) is 41.4 Å². The lowest BCUT2D eigenvalue weighted by atomic mass is 10.1. The van der Waals surface area contributed by atoms with Gasteiger partial charge in [0.1, 0.15) is 11.6 Å². The van der Waals surface area contributed by atoms with Crippen molar-refractivity contribution >= 4 is 46.8 Å². The molecule has 3 aromatic rings. The van der Waals surface area contributed by atoms with E-state index in [4.69, 9.17) is 27.9 Å². The first-order valence-corrected chi connectivity index (χ1v) is 11.9. The molecule has 162 valence electrons. The van der Waals surface area contributed by atoms with Gasteiger partial charge in [-0.1, -0.05) is 35.3 Å². The van der Waals surface area contributed by atoms with Crippen molar-refractivity contribution in [3.63, 3.8) is 0 Å². The smallest absolute Gasteiger partial charge is 0.298 e. The Balaban J connectivity index is 1.38. The molecule has 1 aliphatic heterocycles. The highest BCUT2D eigenvalue weighted by Gasteiger charge is 2.12. The minimum Gasteiger partial charge on any atom is -0.430 e. The molecule has 5 nitrogen and oxygen atoms in total. The standard InChI is InChI=1S/C23H24Cl2N4OS/c1-16-13-20(26-15-29-11-3-2-4-12-29)19(25)14-21(16)30-23-27-22(28-31-23)10-7-17-5-8-18(24)9-6-17/h5-6,8-9,13-15H,2-4,7,10-12H2,1H3/b26-15-. The van der Waals surface area contributed by atoms with Crippen molar-refractivity contribution in [1.29, 1.82) is 0 Å². The van der Waals surface area contributed by atoms with Crippen LogP contribution in [0.3, 0.4) is 0 Å². The quantitative estimate of drug-likeness (QED) is 0.276. The summed E-state index contributed by atoms with van der Waals surface area (Å²) < 4.78 is 10.4. The third kappa shape index (κ3) is 6.19. The number of aliphatic imine (C=N–C) groups is 1. The lowest BCUT2D eigenvalue weighted by molar-refractivity contribution is 0.351. The average Bonchev–Trinajstić information content (AvgIpc) is 3.23. The summed E-state index contributed by atoms with van der Waals surface area (Å²) in [6, 6.07) is 11.6.